The summed E-state index contributed by atoms with van der Waals surface area (Å²) in [6, 6.07) is 10.5. The summed E-state index contributed by atoms with van der Waals surface area (Å²) in [5.74, 6) is 0.529. The molecule has 19 heavy (non-hydrogen) atoms. The van der Waals surface area contributed by atoms with Gasteiger partial charge in [-0.05, 0) is 48.1 Å². The fourth-order valence-electron chi connectivity index (χ4n) is 2.02. The molecule has 0 saturated carbocycles. The number of pyridine rings is 1. The fraction of sp³-hybridized carbons (Fsp3) is 0.267. The molecule has 4 heteroatoms. The van der Waals surface area contributed by atoms with Gasteiger partial charge in [0.25, 0.3) is 0 Å². The van der Waals surface area contributed by atoms with Gasteiger partial charge in [-0.25, -0.2) is 0 Å². The minimum Gasteiger partial charge on any atom is -0.263 e. The first kappa shape index (κ1) is 15.0. The molecule has 2 aromatic rings. The SMILES string of the molecule is Clc1cnccc1CC(CBr)Cc1ccc(Br)cc1. The zero-order valence-electron chi connectivity index (χ0n) is 10.3. The topological polar surface area (TPSA) is 12.9 Å². The van der Waals surface area contributed by atoms with Crippen LogP contribution in [0.5, 0.6) is 0 Å². The zero-order valence-corrected chi connectivity index (χ0v) is 14.2. The monoisotopic (exact) mass is 401 g/mol. The van der Waals surface area contributed by atoms with Crippen molar-refractivity contribution in [2.24, 2.45) is 5.92 Å². The number of halogens is 3. The highest BCUT2D eigenvalue weighted by Crippen LogP contribution is 2.22. The van der Waals surface area contributed by atoms with Gasteiger partial charge in [0.2, 0.25) is 0 Å². The predicted octanol–water partition coefficient (Wildman–Crippen LogP) is 5.29. The minimum absolute atomic E-state index is 0.529. The molecule has 1 heterocycles. The van der Waals surface area contributed by atoms with Gasteiger partial charge in [0.1, 0.15) is 0 Å². The lowest BCUT2D eigenvalue weighted by molar-refractivity contribution is 0.591. The molecule has 0 radical (unpaired) electrons. The van der Waals surface area contributed by atoms with E-state index in [0.717, 1.165) is 27.7 Å². The average molecular weight is 404 g/mol. The maximum atomic E-state index is 6.17. The first-order valence-electron chi connectivity index (χ1n) is 6.08. The molecule has 0 bridgehead atoms. The highest BCUT2D eigenvalue weighted by molar-refractivity contribution is 9.10. The molecule has 0 fully saturated rings. The van der Waals surface area contributed by atoms with Crippen molar-refractivity contribution >= 4 is 43.5 Å². The van der Waals surface area contributed by atoms with E-state index in [0.29, 0.717) is 5.92 Å². The van der Waals surface area contributed by atoms with Gasteiger partial charge in [-0.15, -0.1) is 0 Å². The number of hydrogen-bond acceptors (Lipinski definition) is 1. The van der Waals surface area contributed by atoms with E-state index in [1.54, 1.807) is 12.4 Å². The summed E-state index contributed by atoms with van der Waals surface area (Å²) in [4.78, 5) is 4.02. The Morgan fingerprint density at radius 2 is 1.84 bits per heavy atom. The summed E-state index contributed by atoms with van der Waals surface area (Å²) in [5, 5.41) is 1.71. The van der Waals surface area contributed by atoms with Crippen molar-refractivity contribution in [3.63, 3.8) is 0 Å². The Hall–Kier alpha value is -0.380. The standard InChI is InChI=1S/C15H14Br2ClN/c16-9-12(7-11-1-3-14(17)4-2-11)8-13-5-6-19-10-15(13)18/h1-6,10,12H,7-9H2. The van der Waals surface area contributed by atoms with E-state index in [2.05, 4.69) is 61.1 Å². The van der Waals surface area contributed by atoms with E-state index in [1.165, 1.54) is 11.1 Å². The lowest BCUT2D eigenvalue weighted by Crippen LogP contribution is -2.10. The number of rotatable bonds is 5. The molecule has 1 atom stereocenters. The fourth-order valence-corrected chi connectivity index (χ4v) is 2.93. The van der Waals surface area contributed by atoms with Crippen LogP contribution in [0.4, 0.5) is 0 Å². The van der Waals surface area contributed by atoms with Crippen molar-refractivity contribution in [1.82, 2.24) is 4.98 Å². The van der Waals surface area contributed by atoms with Crippen LogP contribution in [-0.2, 0) is 12.8 Å². The average Bonchev–Trinajstić information content (AvgIpc) is 2.43. The summed E-state index contributed by atoms with van der Waals surface area (Å²) >= 11 is 13.2. The number of aromatic nitrogens is 1. The van der Waals surface area contributed by atoms with E-state index < -0.39 is 0 Å². The first-order chi connectivity index (χ1) is 9.19. The molecule has 0 N–H and O–H groups in total. The summed E-state index contributed by atoms with van der Waals surface area (Å²) in [7, 11) is 0. The smallest absolute Gasteiger partial charge is 0.0621 e. The van der Waals surface area contributed by atoms with Crippen LogP contribution in [0.15, 0.2) is 47.2 Å². The van der Waals surface area contributed by atoms with Gasteiger partial charge in [0.15, 0.2) is 0 Å². The second kappa shape index (κ2) is 7.41. The molecule has 0 aliphatic carbocycles. The summed E-state index contributed by atoms with van der Waals surface area (Å²) in [5.41, 5.74) is 2.51. The van der Waals surface area contributed by atoms with E-state index in [9.17, 15) is 0 Å². The predicted molar refractivity (Wildman–Crippen MR) is 88.1 cm³/mol. The Morgan fingerprint density at radius 3 is 2.47 bits per heavy atom. The van der Waals surface area contributed by atoms with Crippen LogP contribution in [0.2, 0.25) is 5.02 Å². The Balaban J connectivity index is 2.05. The number of benzene rings is 1. The van der Waals surface area contributed by atoms with Crippen LogP contribution in [-0.4, -0.2) is 10.3 Å². The van der Waals surface area contributed by atoms with Crippen molar-refractivity contribution in [1.29, 1.82) is 0 Å². The first-order valence-corrected chi connectivity index (χ1v) is 8.37. The molecule has 100 valence electrons. The molecular weight excluding hydrogens is 389 g/mol. The van der Waals surface area contributed by atoms with E-state index in [4.69, 9.17) is 11.6 Å². The van der Waals surface area contributed by atoms with Crippen molar-refractivity contribution in [2.45, 2.75) is 12.8 Å². The van der Waals surface area contributed by atoms with E-state index in [1.807, 2.05) is 6.07 Å². The third-order valence-corrected chi connectivity index (χ3v) is 4.81. The highest BCUT2D eigenvalue weighted by Gasteiger charge is 2.11. The molecule has 1 unspecified atom stereocenters. The lowest BCUT2D eigenvalue weighted by Gasteiger charge is -2.15. The third-order valence-electron chi connectivity index (χ3n) is 3.02. The molecule has 0 aliphatic heterocycles. The third kappa shape index (κ3) is 4.59. The van der Waals surface area contributed by atoms with Gasteiger partial charge in [-0.1, -0.05) is 55.6 Å². The Morgan fingerprint density at radius 1 is 1.11 bits per heavy atom. The van der Waals surface area contributed by atoms with Gasteiger partial charge in [0, 0.05) is 22.2 Å². The molecule has 1 aromatic carbocycles. The quantitative estimate of drug-likeness (QED) is 0.618. The second-order valence-electron chi connectivity index (χ2n) is 4.52. The number of hydrogen-bond donors (Lipinski definition) is 0. The Labute approximate surface area is 135 Å². The highest BCUT2D eigenvalue weighted by atomic mass is 79.9. The van der Waals surface area contributed by atoms with Crippen molar-refractivity contribution < 1.29 is 0 Å². The molecule has 0 saturated heterocycles. The summed E-state index contributed by atoms with van der Waals surface area (Å²) < 4.78 is 1.11. The van der Waals surface area contributed by atoms with Crippen LogP contribution in [0.1, 0.15) is 11.1 Å². The molecule has 0 spiro atoms. The van der Waals surface area contributed by atoms with Crippen LogP contribution in [0, 0.1) is 5.92 Å². The Kier molecular flexibility index (Phi) is 5.86. The number of nitrogens with zero attached hydrogens (tertiary/aromatic N) is 1. The van der Waals surface area contributed by atoms with Crippen molar-refractivity contribution in [3.8, 4) is 0 Å². The van der Waals surface area contributed by atoms with Gasteiger partial charge >= 0.3 is 0 Å². The maximum Gasteiger partial charge on any atom is 0.0621 e. The minimum atomic E-state index is 0.529. The van der Waals surface area contributed by atoms with Crippen molar-refractivity contribution in [2.75, 3.05) is 5.33 Å². The van der Waals surface area contributed by atoms with E-state index in [-0.39, 0.29) is 0 Å². The van der Waals surface area contributed by atoms with Gasteiger partial charge in [-0.3, -0.25) is 4.98 Å². The molecule has 1 nitrogen and oxygen atoms in total. The van der Waals surface area contributed by atoms with Gasteiger partial charge in [-0.2, -0.15) is 0 Å². The second-order valence-corrected chi connectivity index (χ2v) is 6.49. The molecular formula is C15H14Br2ClN. The van der Waals surface area contributed by atoms with Gasteiger partial charge < -0.3 is 0 Å². The van der Waals surface area contributed by atoms with Gasteiger partial charge in [0.05, 0.1) is 5.02 Å². The molecule has 0 amide bonds. The summed E-state index contributed by atoms with van der Waals surface area (Å²) in [6.45, 7) is 0. The zero-order chi connectivity index (χ0) is 13.7. The summed E-state index contributed by atoms with van der Waals surface area (Å²) in [6.07, 6.45) is 5.51. The van der Waals surface area contributed by atoms with Crippen molar-refractivity contribution in [3.05, 3.63) is 63.3 Å². The maximum absolute atomic E-state index is 6.17. The Bertz CT molecular complexity index is 528. The van der Waals surface area contributed by atoms with Crippen LogP contribution >= 0.6 is 43.5 Å². The molecule has 2 rings (SSSR count). The largest absolute Gasteiger partial charge is 0.263 e. The van der Waals surface area contributed by atoms with Crippen LogP contribution in [0.25, 0.3) is 0 Å². The van der Waals surface area contributed by atoms with Crippen LogP contribution < -0.4 is 0 Å². The molecule has 1 aromatic heterocycles. The molecule has 0 aliphatic rings. The van der Waals surface area contributed by atoms with Crippen LogP contribution in [0.3, 0.4) is 0 Å². The number of alkyl halides is 1. The van der Waals surface area contributed by atoms with E-state index >= 15 is 0 Å². The lowest BCUT2D eigenvalue weighted by atomic mass is 9.95. The normalized spacial score (nSPS) is 12.4.